The van der Waals surface area contributed by atoms with E-state index in [0.717, 1.165) is 15.6 Å². The van der Waals surface area contributed by atoms with Gasteiger partial charge < -0.3 is 14.2 Å². The Kier molecular flexibility index (Phi) is 9.14. The van der Waals surface area contributed by atoms with E-state index in [4.69, 9.17) is 25.8 Å². The van der Waals surface area contributed by atoms with Crippen molar-refractivity contribution in [3.05, 3.63) is 91.8 Å². The standard InChI is InChI=1S/C28H24BrClN2O5S/c1-4-36-27(34)18-7-11-21(12-8-18)31-28-32(2)26(33)25(38-28)14-19-13-23(35-3)24(15-22(19)29)37-16-17-5-9-20(30)10-6-17/h5-15H,4,16H2,1-3H3. The van der Waals surface area contributed by atoms with Crippen LogP contribution in [0.1, 0.15) is 28.4 Å². The zero-order chi connectivity index (χ0) is 27.2. The monoisotopic (exact) mass is 614 g/mol. The van der Waals surface area contributed by atoms with Gasteiger partial charge in [-0.05, 0) is 84.4 Å². The summed E-state index contributed by atoms with van der Waals surface area (Å²) in [6, 6.07) is 17.8. The topological polar surface area (TPSA) is 77.4 Å². The zero-order valence-corrected chi connectivity index (χ0v) is 24.0. The summed E-state index contributed by atoms with van der Waals surface area (Å²) in [5.41, 5.74) is 2.79. The van der Waals surface area contributed by atoms with Crippen molar-refractivity contribution in [3.63, 3.8) is 0 Å². The summed E-state index contributed by atoms with van der Waals surface area (Å²) in [6.07, 6.45) is 1.78. The van der Waals surface area contributed by atoms with Crippen molar-refractivity contribution in [2.45, 2.75) is 13.5 Å². The van der Waals surface area contributed by atoms with Crippen molar-refractivity contribution in [2.24, 2.45) is 4.99 Å². The van der Waals surface area contributed by atoms with Gasteiger partial charge in [-0.2, -0.15) is 0 Å². The molecule has 0 aromatic heterocycles. The van der Waals surface area contributed by atoms with Gasteiger partial charge in [0.15, 0.2) is 16.7 Å². The van der Waals surface area contributed by atoms with Crippen molar-refractivity contribution in [3.8, 4) is 11.5 Å². The Balaban J connectivity index is 1.52. The molecule has 7 nitrogen and oxygen atoms in total. The summed E-state index contributed by atoms with van der Waals surface area (Å²) < 4.78 is 17.3. The summed E-state index contributed by atoms with van der Waals surface area (Å²) in [5, 5.41) is 1.19. The molecule has 0 atom stereocenters. The van der Waals surface area contributed by atoms with Gasteiger partial charge in [-0.25, -0.2) is 9.79 Å². The van der Waals surface area contributed by atoms with Crippen molar-refractivity contribution in [2.75, 3.05) is 20.8 Å². The molecule has 196 valence electrons. The van der Waals surface area contributed by atoms with Crippen LogP contribution in [0.2, 0.25) is 5.02 Å². The molecule has 38 heavy (non-hydrogen) atoms. The zero-order valence-electron chi connectivity index (χ0n) is 20.9. The van der Waals surface area contributed by atoms with Crippen LogP contribution in [0.25, 0.3) is 6.08 Å². The van der Waals surface area contributed by atoms with Crippen LogP contribution in [0.3, 0.4) is 0 Å². The third kappa shape index (κ3) is 6.59. The fourth-order valence-corrected chi connectivity index (χ4v) is 5.01. The van der Waals surface area contributed by atoms with Crippen molar-refractivity contribution < 1.29 is 23.8 Å². The molecule has 1 saturated heterocycles. The molecule has 0 aliphatic carbocycles. The molecule has 0 bridgehead atoms. The molecule has 0 unspecified atom stereocenters. The lowest BCUT2D eigenvalue weighted by molar-refractivity contribution is -0.121. The molecule has 4 rings (SSSR count). The molecule has 0 spiro atoms. The van der Waals surface area contributed by atoms with E-state index in [-0.39, 0.29) is 11.9 Å². The van der Waals surface area contributed by atoms with Gasteiger partial charge in [-0.15, -0.1) is 0 Å². The predicted molar refractivity (Wildman–Crippen MR) is 154 cm³/mol. The number of amidine groups is 1. The quantitative estimate of drug-likeness (QED) is 0.199. The first-order valence-electron chi connectivity index (χ1n) is 11.6. The number of hydrogen-bond donors (Lipinski definition) is 0. The Bertz CT molecular complexity index is 1410. The van der Waals surface area contributed by atoms with Crippen LogP contribution >= 0.6 is 39.3 Å². The number of thioether (sulfide) groups is 1. The number of esters is 1. The van der Waals surface area contributed by atoms with Crippen LogP contribution in [-0.4, -0.2) is 42.7 Å². The number of hydrogen-bond acceptors (Lipinski definition) is 7. The van der Waals surface area contributed by atoms with Gasteiger partial charge in [0.1, 0.15) is 6.61 Å². The number of carbonyl (C=O) groups is 2. The maximum Gasteiger partial charge on any atom is 0.338 e. The molecule has 3 aromatic rings. The summed E-state index contributed by atoms with van der Waals surface area (Å²) in [4.78, 5) is 31.4. The summed E-state index contributed by atoms with van der Waals surface area (Å²) in [6.45, 7) is 2.41. The molecule has 3 aromatic carbocycles. The van der Waals surface area contributed by atoms with Gasteiger partial charge in [-0.3, -0.25) is 9.69 Å². The molecule has 0 N–H and O–H groups in total. The largest absolute Gasteiger partial charge is 0.493 e. The van der Waals surface area contributed by atoms with E-state index < -0.39 is 0 Å². The lowest BCUT2D eigenvalue weighted by Gasteiger charge is -2.13. The normalized spacial score (nSPS) is 15.3. The number of halogens is 2. The predicted octanol–water partition coefficient (Wildman–Crippen LogP) is 7.10. The van der Waals surface area contributed by atoms with Crippen molar-refractivity contribution in [1.82, 2.24) is 4.90 Å². The number of methoxy groups -OCH3 is 1. The third-order valence-corrected chi connectivity index (χ3v) is 7.48. The van der Waals surface area contributed by atoms with Crippen LogP contribution < -0.4 is 9.47 Å². The van der Waals surface area contributed by atoms with E-state index in [0.29, 0.717) is 51.1 Å². The van der Waals surface area contributed by atoms with Gasteiger partial charge in [-0.1, -0.05) is 39.7 Å². The minimum atomic E-state index is -0.387. The lowest BCUT2D eigenvalue weighted by Crippen LogP contribution is -2.23. The summed E-state index contributed by atoms with van der Waals surface area (Å²) in [7, 11) is 3.24. The van der Waals surface area contributed by atoms with Crippen LogP contribution in [-0.2, 0) is 16.1 Å². The van der Waals surface area contributed by atoms with E-state index in [1.165, 1.54) is 16.7 Å². The number of amides is 1. The lowest BCUT2D eigenvalue weighted by atomic mass is 10.1. The van der Waals surface area contributed by atoms with Gasteiger partial charge in [0, 0.05) is 16.5 Å². The summed E-state index contributed by atoms with van der Waals surface area (Å²) >= 11 is 10.8. The molecule has 1 amide bonds. The second kappa shape index (κ2) is 12.5. The van der Waals surface area contributed by atoms with Crippen LogP contribution in [0.4, 0.5) is 5.69 Å². The number of carbonyl (C=O) groups excluding carboxylic acids is 2. The summed E-state index contributed by atoms with van der Waals surface area (Å²) in [5.74, 6) is 0.536. The second-order valence-electron chi connectivity index (χ2n) is 8.08. The molecule has 1 aliphatic rings. The molecule has 10 heteroatoms. The fraction of sp³-hybridized carbons (Fsp3) is 0.179. The van der Waals surface area contributed by atoms with Crippen LogP contribution in [0.15, 0.2) is 75.0 Å². The molecule has 0 radical (unpaired) electrons. The van der Waals surface area contributed by atoms with E-state index in [9.17, 15) is 9.59 Å². The molecular formula is C28H24BrClN2O5S. The number of aliphatic imine (C=N–C) groups is 1. The highest BCUT2D eigenvalue weighted by molar-refractivity contribution is 9.10. The molecule has 1 heterocycles. The maximum absolute atomic E-state index is 13.0. The minimum Gasteiger partial charge on any atom is -0.493 e. The highest BCUT2D eigenvalue weighted by Crippen LogP contribution is 2.38. The molecule has 1 fully saturated rings. The average Bonchev–Trinajstić information content (AvgIpc) is 3.17. The van der Waals surface area contributed by atoms with Crippen molar-refractivity contribution in [1.29, 1.82) is 0 Å². The number of likely N-dealkylation sites (N-methyl/N-ethyl adjacent to an activating group) is 1. The van der Waals surface area contributed by atoms with E-state index in [2.05, 4.69) is 20.9 Å². The minimum absolute atomic E-state index is 0.175. The van der Waals surface area contributed by atoms with Crippen LogP contribution in [0, 0.1) is 0 Å². The van der Waals surface area contributed by atoms with E-state index in [1.54, 1.807) is 51.4 Å². The second-order valence-corrected chi connectivity index (χ2v) is 10.4. The molecule has 1 aliphatic heterocycles. The highest BCUT2D eigenvalue weighted by Gasteiger charge is 2.30. The SMILES string of the molecule is CCOC(=O)c1ccc(N=C2SC(=Cc3cc(OC)c(OCc4ccc(Cl)cc4)cc3Br)C(=O)N2C)cc1. The number of nitrogens with zero attached hydrogens (tertiary/aromatic N) is 2. The molecule has 0 saturated carbocycles. The van der Waals surface area contributed by atoms with Gasteiger partial charge >= 0.3 is 5.97 Å². The first-order chi connectivity index (χ1) is 18.3. The Morgan fingerprint density at radius 2 is 1.82 bits per heavy atom. The Morgan fingerprint density at radius 1 is 1.11 bits per heavy atom. The number of ether oxygens (including phenoxy) is 3. The van der Waals surface area contributed by atoms with E-state index >= 15 is 0 Å². The highest BCUT2D eigenvalue weighted by atomic mass is 79.9. The smallest absolute Gasteiger partial charge is 0.338 e. The van der Waals surface area contributed by atoms with Crippen molar-refractivity contribution >= 4 is 68.1 Å². The van der Waals surface area contributed by atoms with Gasteiger partial charge in [0.2, 0.25) is 0 Å². The number of benzene rings is 3. The first-order valence-corrected chi connectivity index (χ1v) is 13.6. The Morgan fingerprint density at radius 3 is 2.47 bits per heavy atom. The Hall–Kier alpha value is -3.27. The maximum atomic E-state index is 13.0. The fourth-order valence-electron chi connectivity index (χ4n) is 3.47. The Labute approximate surface area is 238 Å². The van der Waals surface area contributed by atoms with Gasteiger partial charge in [0.25, 0.3) is 5.91 Å². The van der Waals surface area contributed by atoms with Gasteiger partial charge in [0.05, 0.1) is 29.9 Å². The molecular weight excluding hydrogens is 592 g/mol. The first kappa shape index (κ1) is 27.8. The van der Waals surface area contributed by atoms with Crippen LogP contribution in [0.5, 0.6) is 11.5 Å². The third-order valence-electron chi connectivity index (χ3n) is 5.48. The number of rotatable bonds is 8. The van der Waals surface area contributed by atoms with E-state index in [1.807, 2.05) is 36.4 Å². The average molecular weight is 616 g/mol.